The van der Waals surface area contributed by atoms with E-state index in [1.165, 1.54) is 18.2 Å². The quantitative estimate of drug-likeness (QED) is 0.574. The molecule has 0 heterocycles. The van der Waals surface area contributed by atoms with Crippen LogP contribution in [-0.2, 0) is 6.42 Å². The van der Waals surface area contributed by atoms with E-state index >= 15 is 0 Å². The van der Waals surface area contributed by atoms with Gasteiger partial charge in [-0.1, -0.05) is 30.3 Å². The second-order valence-electron chi connectivity index (χ2n) is 5.81. The van der Waals surface area contributed by atoms with Crippen LogP contribution in [0.25, 0.3) is 0 Å². The third-order valence-corrected chi connectivity index (χ3v) is 3.94. The number of hydrogen-bond donors (Lipinski definition) is 2. The number of halogens is 1. The monoisotopic (exact) mass is 332 g/mol. The van der Waals surface area contributed by atoms with Crippen molar-refractivity contribution in [3.05, 3.63) is 75.6 Å². The molecule has 2 atom stereocenters. The van der Waals surface area contributed by atoms with Crippen molar-refractivity contribution < 1.29 is 14.4 Å². The first-order chi connectivity index (χ1) is 11.5. The molecule has 5 nitrogen and oxygen atoms in total. The Morgan fingerprint density at radius 3 is 2.50 bits per heavy atom. The highest BCUT2D eigenvalue weighted by molar-refractivity contribution is 5.32. The number of nitrogens with one attached hydrogen (secondary N) is 1. The molecule has 0 spiro atoms. The van der Waals surface area contributed by atoms with Crippen LogP contribution in [0.3, 0.4) is 0 Å². The molecule has 0 radical (unpaired) electrons. The highest BCUT2D eigenvalue weighted by Gasteiger charge is 2.13. The Morgan fingerprint density at radius 2 is 1.88 bits per heavy atom. The van der Waals surface area contributed by atoms with E-state index < -0.39 is 16.8 Å². The number of aliphatic hydroxyl groups excluding tert-OH is 1. The average molecular weight is 332 g/mol. The lowest BCUT2D eigenvalue weighted by molar-refractivity contribution is -0.384. The van der Waals surface area contributed by atoms with Crippen LogP contribution in [0.1, 0.15) is 30.6 Å². The van der Waals surface area contributed by atoms with Crippen LogP contribution in [0.2, 0.25) is 0 Å². The molecule has 0 aromatic heterocycles. The van der Waals surface area contributed by atoms with Crippen molar-refractivity contribution in [2.75, 3.05) is 6.54 Å². The van der Waals surface area contributed by atoms with E-state index in [2.05, 4.69) is 5.32 Å². The molecule has 2 N–H and O–H groups in total. The fourth-order valence-corrected chi connectivity index (χ4v) is 2.44. The van der Waals surface area contributed by atoms with Crippen molar-refractivity contribution in [1.29, 1.82) is 0 Å². The van der Waals surface area contributed by atoms with Crippen LogP contribution in [0, 0.1) is 15.9 Å². The lowest BCUT2D eigenvalue weighted by Gasteiger charge is -2.18. The van der Waals surface area contributed by atoms with Gasteiger partial charge in [0.2, 0.25) is 0 Å². The maximum absolute atomic E-state index is 13.6. The van der Waals surface area contributed by atoms with Crippen molar-refractivity contribution in [3.63, 3.8) is 0 Å². The summed E-state index contributed by atoms with van der Waals surface area (Å²) in [6.07, 6.45) is 0.678. The minimum Gasteiger partial charge on any atom is -0.387 e. The molecule has 0 aliphatic heterocycles. The van der Waals surface area contributed by atoms with Gasteiger partial charge in [0.25, 0.3) is 5.69 Å². The molecule has 0 aliphatic rings. The first kappa shape index (κ1) is 18.0. The summed E-state index contributed by atoms with van der Waals surface area (Å²) in [6, 6.07) is 12.8. The number of non-ortho nitro benzene ring substituents is 1. The van der Waals surface area contributed by atoms with Gasteiger partial charge >= 0.3 is 0 Å². The number of aliphatic hydroxyl groups is 1. The van der Waals surface area contributed by atoms with Crippen LogP contribution >= 0.6 is 0 Å². The molecule has 6 heteroatoms. The third kappa shape index (κ3) is 5.11. The van der Waals surface area contributed by atoms with Gasteiger partial charge in [-0.15, -0.1) is 0 Å². The number of nitrogens with zero attached hydrogens (tertiary/aromatic N) is 1. The van der Waals surface area contributed by atoms with Gasteiger partial charge in [0.1, 0.15) is 5.82 Å². The zero-order chi connectivity index (χ0) is 17.5. The summed E-state index contributed by atoms with van der Waals surface area (Å²) in [7, 11) is 0. The van der Waals surface area contributed by atoms with Gasteiger partial charge in [-0.3, -0.25) is 10.1 Å². The Labute approximate surface area is 140 Å². The second kappa shape index (κ2) is 8.52. The third-order valence-electron chi connectivity index (χ3n) is 3.94. The topological polar surface area (TPSA) is 75.4 Å². The maximum Gasteiger partial charge on any atom is 0.269 e. The Bertz CT molecular complexity index is 676. The zero-order valence-corrected chi connectivity index (χ0v) is 13.5. The number of nitro groups is 1. The number of nitro benzene ring substituents is 1. The van der Waals surface area contributed by atoms with E-state index in [0.717, 1.165) is 18.4 Å². The highest BCUT2D eigenvalue weighted by Crippen LogP contribution is 2.17. The minimum absolute atomic E-state index is 0.0814. The van der Waals surface area contributed by atoms with Crippen LogP contribution in [0.15, 0.2) is 48.5 Å². The minimum atomic E-state index is -0.895. The van der Waals surface area contributed by atoms with Crippen LogP contribution in [0.4, 0.5) is 10.1 Å². The van der Waals surface area contributed by atoms with E-state index in [9.17, 15) is 19.6 Å². The fourth-order valence-electron chi connectivity index (χ4n) is 2.44. The number of hydrogen-bond acceptors (Lipinski definition) is 4. The summed E-state index contributed by atoms with van der Waals surface area (Å²) >= 11 is 0. The second-order valence-corrected chi connectivity index (χ2v) is 5.81. The number of rotatable bonds is 8. The van der Waals surface area contributed by atoms with Gasteiger partial charge < -0.3 is 10.4 Å². The van der Waals surface area contributed by atoms with Crippen molar-refractivity contribution in [2.45, 2.75) is 31.9 Å². The van der Waals surface area contributed by atoms with Gasteiger partial charge in [-0.05, 0) is 31.4 Å². The molecule has 0 unspecified atom stereocenters. The largest absolute Gasteiger partial charge is 0.387 e. The van der Waals surface area contributed by atoms with E-state index in [0.29, 0.717) is 0 Å². The van der Waals surface area contributed by atoms with Crippen molar-refractivity contribution in [2.24, 2.45) is 0 Å². The molecule has 0 saturated carbocycles. The summed E-state index contributed by atoms with van der Waals surface area (Å²) in [5.41, 5.74) is 1.38. The Morgan fingerprint density at radius 1 is 1.21 bits per heavy atom. The molecular formula is C18H21FN2O3. The Balaban J connectivity index is 1.78. The Kier molecular flexibility index (Phi) is 6.40. The van der Waals surface area contributed by atoms with Crippen molar-refractivity contribution in [3.8, 4) is 0 Å². The number of aryl methyl sites for hydroxylation is 1. The fraction of sp³-hybridized carbons (Fsp3) is 0.333. The van der Waals surface area contributed by atoms with Crippen LogP contribution in [-0.4, -0.2) is 22.6 Å². The molecule has 2 aromatic carbocycles. The molecule has 24 heavy (non-hydrogen) atoms. The van der Waals surface area contributed by atoms with Crippen molar-refractivity contribution >= 4 is 5.69 Å². The predicted molar refractivity (Wildman–Crippen MR) is 90.2 cm³/mol. The summed E-state index contributed by atoms with van der Waals surface area (Å²) in [6.45, 7) is 2.25. The summed E-state index contributed by atoms with van der Waals surface area (Å²) < 4.78 is 13.6. The first-order valence-corrected chi connectivity index (χ1v) is 7.86. The molecule has 0 fully saturated rings. The molecule has 2 aromatic rings. The van der Waals surface area contributed by atoms with Gasteiger partial charge in [0.05, 0.1) is 11.0 Å². The zero-order valence-electron chi connectivity index (χ0n) is 13.5. The van der Waals surface area contributed by atoms with Gasteiger partial charge in [0.15, 0.2) is 0 Å². The lowest BCUT2D eigenvalue weighted by Crippen LogP contribution is -2.31. The molecule has 2 rings (SSSR count). The van der Waals surface area contributed by atoms with E-state index in [-0.39, 0.29) is 23.8 Å². The molecule has 0 amide bonds. The lowest BCUT2D eigenvalue weighted by atomic mass is 10.0. The van der Waals surface area contributed by atoms with Crippen LogP contribution < -0.4 is 5.32 Å². The summed E-state index contributed by atoms with van der Waals surface area (Å²) in [4.78, 5) is 10.2. The highest BCUT2D eigenvalue weighted by atomic mass is 19.1. The molecule has 0 saturated heterocycles. The number of benzene rings is 2. The normalized spacial score (nSPS) is 13.5. The van der Waals surface area contributed by atoms with Crippen LogP contribution in [0.5, 0.6) is 0 Å². The SMILES string of the molecule is C[C@@H](CCc1ccc([N+](=O)[O-])cc1)NC[C@H](O)c1ccccc1F. The van der Waals surface area contributed by atoms with Gasteiger partial charge in [-0.25, -0.2) is 4.39 Å². The standard InChI is InChI=1S/C18H21FN2O3/c1-13(6-7-14-8-10-15(11-9-14)21(23)24)20-12-18(22)16-4-2-3-5-17(16)19/h2-5,8-11,13,18,20,22H,6-7,12H2,1H3/t13-,18-/m0/s1. The van der Waals surface area contributed by atoms with E-state index in [1.54, 1.807) is 30.3 Å². The van der Waals surface area contributed by atoms with Crippen molar-refractivity contribution in [1.82, 2.24) is 5.32 Å². The van der Waals surface area contributed by atoms with Gasteiger partial charge in [-0.2, -0.15) is 0 Å². The van der Waals surface area contributed by atoms with Gasteiger partial charge in [0, 0.05) is 30.3 Å². The molecular weight excluding hydrogens is 311 g/mol. The average Bonchev–Trinajstić information content (AvgIpc) is 2.58. The molecule has 0 aliphatic carbocycles. The maximum atomic E-state index is 13.6. The Hall–Kier alpha value is -2.31. The first-order valence-electron chi connectivity index (χ1n) is 7.86. The summed E-state index contributed by atoms with van der Waals surface area (Å²) in [5, 5.41) is 23.8. The smallest absolute Gasteiger partial charge is 0.269 e. The molecule has 128 valence electrons. The van der Waals surface area contributed by atoms with E-state index in [4.69, 9.17) is 0 Å². The molecule has 0 bridgehead atoms. The predicted octanol–water partition coefficient (Wildman–Crippen LogP) is 3.38. The summed E-state index contributed by atoms with van der Waals surface area (Å²) in [5.74, 6) is -0.412. The van der Waals surface area contributed by atoms with E-state index in [1.807, 2.05) is 6.92 Å².